The van der Waals surface area contributed by atoms with Crippen LogP contribution in [0, 0.1) is 5.82 Å². The van der Waals surface area contributed by atoms with E-state index in [1.807, 2.05) is 0 Å². The molecule has 1 aliphatic carbocycles. The van der Waals surface area contributed by atoms with Crippen molar-refractivity contribution in [3.05, 3.63) is 90.1 Å². The van der Waals surface area contributed by atoms with Crippen LogP contribution in [-0.2, 0) is 9.59 Å². The second kappa shape index (κ2) is 11.5. The normalized spacial score (nSPS) is 14.7. The van der Waals surface area contributed by atoms with Gasteiger partial charge in [-0.05, 0) is 42.7 Å². The van der Waals surface area contributed by atoms with Crippen molar-refractivity contribution in [2.75, 3.05) is 11.4 Å². The van der Waals surface area contributed by atoms with Gasteiger partial charge in [-0.3, -0.25) is 19.3 Å². The summed E-state index contributed by atoms with van der Waals surface area (Å²) in [5.74, 6) is -2.21. The average molecular weight is 478 g/mol. The SMILES string of the molecule is O=C(NCC(=O)N(c1ccccc1F)C(C(=O)NC1CCCCC1)c1ccccc1)c1ccco1. The van der Waals surface area contributed by atoms with Crippen LogP contribution >= 0.6 is 0 Å². The molecule has 3 amide bonds. The predicted molar refractivity (Wildman–Crippen MR) is 129 cm³/mol. The van der Waals surface area contributed by atoms with Gasteiger partial charge >= 0.3 is 0 Å². The fourth-order valence-corrected chi connectivity index (χ4v) is 4.38. The molecule has 35 heavy (non-hydrogen) atoms. The molecule has 1 heterocycles. The van der Waals surface area contributed by atoms with Crippen molar-refractivity contribution in [3.63, 3.8) is 0 Å². The van der Waals surface area contributed by atoms with Crippen molar-refractivity contribution in [2.24, 2.45) is 0 Å². The molecule has 182 valence electrons. The van der Waals surface area contributed by atoms with Gasteiger partial charge < -0.3 is 15.1 Å². The Bertz CT molecular complexity index is 1140. The Kier molecular flexibility index (Phi) is 7.92. The smallest absolute Gasteiger partial charge is 0.287 e. The Morgan fingerprint density at radius 2 is 1.66 bits per heavy atom. The second-order valence-electron chi connectivity index (χ2n) is 8.53. The van der Waals surface area contributed by atoms with Crippen LogP contribution < -0.4 is 15.5 Å². The summed E-state index contributed by atoms with van der Waals surface area (Å²) in [5.41, 5.74) is 0.493. The number of carbonyl (C=O) groups is 3. The lowest BCUT2D eigenvalue weighted by Gasteiger charge is -2.33. The van der Waals surface area contributed by atoms with Crippen molar-refractivity contribution in [1.82, 2.24) is 10.6 Å². The second-order valence-corrected chi connectivity index (χ2v) is 8.53. The number of nitrogens with one attached hydrogen (secondary N) is 2. The number of nitrogens with zero attached hydrogens (tertiary/aromatic N) is 1. The fraction of sp³-hybridized carbons (Fsp3) is 0.296. The van der Waals surface area contributed by atoms with Crippen molar-refractivity contribution in [1.29, 1.82) is 0 Å². The number of rotatable bonds is 8. The van der Waals surface area contributed by atoms with Crippen molar-refractivity contribution in [3.8, 4) is 0 Å². The van der Waals surface area contributed by atoms with E-state index in [4.69, 9.17) is 4.42 Å². The maximum Gasteiger partial charge on any atom is 0.287 e. The van der Waals surface area contributed by atoms with Crippen LogP contribution in [0.25, 0.3) is 0 Å². The van der Waals surface area contributed by atoms with E-state index in [9.17, 15) is 18.8 Å². The van der Waals surface area contributed by atoms with Gasteiger partial charge in [0, 0.05) is 6.04 Å². The molecule has 0 radical (unpaired) electrons. The van der Waals surface area contributed by atoms with Gasteiger partial charge in [0.15, 0.2) is 5.76 Å². The number of para-hydroxylation sites is 1. The fourth-order valence-electron chi connectivity index (χ4n) is 4.38. The molecule has 0 spiro atoms. The standard InChI is InChI=1S/C27H28FN3O4/c28-21-14-7-8-15-22(21)31(24(32)18-29-26(33)23-16-9-17-35-23)25(19-10-3-1-4-11-19)27(34)30-20-12-5-2-6-13-20/h1,3-4,7-11,14-17,20,25H,2,5-6,12-13,18H2,(H,29,33)(H,30,34). The monoisotopic (exact) mass is 477 g/mol. The van der Waals surface area contributed by atoms with Crippen LogP contribution in [-0.4, -0.2) is 30.3 Å². The molecule has 1 aliphatic rings. The average Bonchev–Trinajstić information content (AvgIpc) is 3.42. The highest BCUT2D eigenvalue weighted by Crippen LogP contribution is 2.30. The summed E-state index contributed by atoms with van der Waals surface area (Å²) in [6, 6.07) is 16.5. The molecule has 1 fully saturated rings. The van der Waals surface area contributed by atoms with E-state index in [0.29, 0.717) is 5.56 Å². The first-order valence-electron chi connectivity index (χ1n) is 11.8. The highest BCUT2D eigenvalue weighted by atomic mass is 19.1. The summed E-state index contributed by atoms with van der Waals surface area (Å²) in [7, 11) is 0. The van der Waals surface area contributed by atoms with Gasteiger partial charge in [0.05, 0.1) is 18.5 Å². The Morgan fingerprint density at radius 3 is 2.34 bits per heavy atom. The number of halogens is 1. The predicted octanol–water partition coefficient (Wildman–Crippen LogP) is 4.37. The zero-order chi connectivity index (χ0) is 24.6. The lowest BCUT2D eigenvalue weighted by atomic mass is 9.94. The van der Waals surface area contributed by atoms with Gasteiger partial charge in [-0.2, -0.15) is 0 Å². The van der Waals surface area contributed by atoms with Crippen molar-refractivity contribution in [2.45, 2.75) is 44.2 Å². The topological polar surface area (TPSA) is 91.7 Å². The molecule has 1 saturated carbocycles. The Morgan fingerprint density at radius 1 is 0.943 bits per heavy atom. The van der Waals surface area contributed by atoms with E-state index in [0.717, 1.165) is 37.0 Å². The third kappa shape index (κ3) is 5.95. The maximum absolute atomic E-state index is 15.0. The molecule has 0 saturated heterocycles. The Labute approximate surface area is 203 Å². The molecule has 1 atom stereocenters. The molecular formula is C27H28FN3O4. The molecule has 2 aromatic carbocycles. The van der Waals surface area contributed by atoms with Crippen LogP contribution in [0.4, 0.5) is 10.1 Å². The van der Waals surface area contributed by atoms with Crippen LogP contribution in [0.15, 0.2) is 77.4 Å². The number of carbonyl (C=O) groups excluding carboxylic acids is 3. The Balaban J connectivity index is 1.67. The van der Waals surface area contributed by atoms with Gasteiger partial charge in [-0.25, -0.2) is 4.39 Å². The van der Waals surface area contributed by atoms with E-state index < -0.39 is 36.1 Å². The van der Waals surface area contributed by atoms with Crippen LogP contribution in [0.5, 0.6) is 0 Å². The van der Waals surface area contributed by atoms with Crippen molar-refractivity contribution < 1.29 is 23.2 Å². The summed E-state index contributed by atoms with van der Waals surface area (Å²) < 4.78 is 20.1. The minimum absolute atomic E-state index is 0.00121. The van der Waals surface area contributed by atoms with Crippen molar-refractivity contribution >= 4 is 23.4 Å². The first-order valence-corrected chi connectivity index (χ1v) is 11.8. The number of anilines is 1. The van der Waals surface area contributed by atoms with Crippen LogP contribution in [0.1, 0.15) is 54.3 Å². The summed E-state index contributed by atoms with van der Waals surface area (Å²) >= 11 is 0. The van der Waals surface area contributed by atoms with Crippen LogP contribution in [0.2, 0.25) is 0 Å². The van der Waals surface area contributed by atoms with E-state index in [-0.39, 0.29) is 17.5 Å². The van der Waals surface area contributed by atoms with E-state index in [1.165, 1.54) is 30.5 Å². The quantitative estimate of drug-likeness (QED) is 0.504. The minimum Gasteiger partial charge on any atom is -0.459 e. The van der Waals surface area contributed by atoms with Gasteiger partial charge in [0.1, 0.15) is 11.9 Å². The van der Waals surface area contributed by atoms with E-state index >= 15 is 0 Å². The van der Waals surface area contributed by atoms with Gasteiger partial charge in [0.25, 0.3) is 5.91 Å². The Hall–Kier alpha value is -3.94. The molecule has 1 aromatic heterocycles. The van der Waals surface area contributed by atoms with Gasteiger partial charge in [-0.1, -0.05) is 61.7 Å². The van der Waals surface area contributed by atoms with Crippen LogP contribution in [0.3, 0.4) is 0 Å². The minimum atomic E-state index is -1.12. The lowest BCUT2D eigenvalue weighted by Crippen LogP contribution is -2.50. The molecule has 4 rings (SSSR count). The largest absolute Gasteiger partial charge is 0.459 e. The molecule has 1 unspecified atom stereocenters. The maximum atomic E-state index is 15.0. The highest BCUT2D eigenvalue weighted by molar-refractivity contribution is 6.04. The summed E-state index contributed by atoms with van der Waals surface area (Å²) in [5, 5.41) is 5.57. The highest BCUT2D eigenvalue weighted by Gasteiger charge is 2.35. The number of hydrogen-bond acceptors (Lipinski definition) is 4. The first-order chi connectivity index (χ1) is 17.0. The lowest BCUT2D eigenvalue weighted by molar-refractivity contribution is -0.127. The molecule has 2 N–H and O–H groups in total. The zero-order valence-corrected chi connectivity index (χ0v) is 19.3. The number of benzene rings is 2. The summed E-state index contributed by atoms with van der Waals surface area (Å²) in [6.45, 7) is -0.450. The molecule has 7 nitrogen and oxygen atoms in total. The van der Waals surface area contributed by atoms with E-state index in [1.54, 1.807) is 42.5 Å². The number of hydrogen-bond donors (Lipinski definition) is 2. The molecule has 8 heteroatoms. The summed E-state index contributed by atoms with van der Waals surface area (Å²) in [6.07, 6.45) is 6.25. The molecule has 0 aliphatic heterocycles. The van der Waals surface area contributed by atoms with Gasteiger partial charge in [-0.15, -0.1) is 0 Å². The summed E-state index contributed by atoms with van der Waals surface area (Å²) in [4.78, 5) is 40.6. The zero-order valence-electron chi connectivity index (χ0n) is 19.3. The molecule has 0 bridgehead atoms. The first kappa shape index (κ1) is 24.2. The van der Waals surface area contributed by atoms with E-state index in [2.05, 4.69) is 10.6 Å². The third-order valence-corrected chi connectivity index (χ3v) is 6.10. The number of furan rings is 1. The third-order valence-electron chi connectivity index (χ3n) is 6.10. The van der Waals surface area contributed by atoms with Gasteiger partial charge in [0.2, 0.25) is 11.8 Å². The molecule has 3 aromatic rings. The number of amides is 3. The molecular weight excluding hydrogens is 449 g/mol.